The molecule has 5 heterocycles. The highest BCUT2D eigenvalue weighted by Gasteiger charge is 2.38. The Bertz CT molecular complexity index is 1420. The van der Waals surface area contributed by atoms with Gasteiger partial charge in [-0.05, 0) is 36.4 Å². The van der Waals surface area contributed by atoms with E-state index < -0.39 is 12.0 Å². The van der Waals surface area contributed by atoms with Crippen molar-refractivity contribution >= 4 is 38.9 Å². The van der Waals surface area contributed by atoms with Gasteiger partial charge in [-0.15, -0.1) is 26.6 Å². The number of aromatic amines is 1. The summed E-state index contributed by atoms with van der Waals surface area (Å²) < 4.78 is 40.7. The summed E-state index contributed by atoms with van der Waals surface area (Å²) in [5.74, 6) is -0.723. The predicted octanol–water partition coefficient (Wildman–Crippen LogP) is 2.32. The number of nitrogens with one attached hydrogen (secondary N) is 1. The maximum Gasteiger partial charge on any atom is 0.453 e. The normalized spacial score (nSPS) is 15.4. The Kier molecular flexibility index (Phi) is 5.46. The summed E-state index contributed by atoms with van der Waals surface area (Å²) in [5.41, 5.74) is 0.384. The minimum Gasteiger partial charge on any atom is -0.355 e. The average Bonchev–Trinajstić information content (AvgIpc) is 3.45. The lowest BCUT2D eigenvalue weighted by atomic mass is 9.95. The molecule has 1 fully saturated rings. The van der Waals surface area contributed by atoms with Crippen LogP contribution in [0.4, 0.5) is 19.0 Å². The summed E-state index contributed by atoms with van der Waals surface area (Å²) in [4.78, 5) is 35.6. The van der Waals surface area contributed by atoms with Gasteiger partial charge in [-0.2, -0.15) is 17.7 Å². The lowest BCUT2D eigenvalue weighted by Gasteiger charge is -2.33. The van der Waals surface area contributed by atoms with E-state index in [1.54, 1.807) is 24.6 Å². The number of anilines is 1. The molecule has 1 aliphatic rings. The second kappa shape index (κ2) is 8.34. The monoisotopic (exact) mass is 492 g/mol. The van der Waals surface area contributed by atoms with Crippen LogP contribution in [0.15, 0.2) is 28.4 Å². The van der Waals surface area contributed by atoms with Crippen LogP contribution in [-0.2, 0) is 17.5 Å². The van der Waals surface area contributed by atoms with Gasteiger partial charge in [-0.3, -0.25) is 9.59 Å². The summed E-state index contributed by atoms with van der Waals surface area (Å²) in [6, 6.07) is 4.80. The van der Waals surface area contributed by atoms with Crippen LogP contribution >= 0.6 is 11.3 Å². The summed E-state index contributed by atoms with van der Waals surface area (Å²) in [6.45, 7) is 1.09. The molecule has 1 amide bonds. The zero-order valence-corrected chi connectivity index (χ0v) is 18.7. The van der Waals surface area contributed by atoms with Crippen molar-refractivity contribution < 1.29 is 18.0 Å². The number of amides is 1. The highest BCUT2D eigenvalue weighted by Crippen LogP contribution is 2.29. The maximum absolute atomic E-state index is 13.1. The lowest BCUT2D eigenvalue weighted by molar-refractivity contribution is -0.146. The van der Waals surface area contributed by atoms with E-state index in [0.717, 1.165) is 0 Å². The molecule has 0 atom stereocenters. The van der Waals surface area contributed by atoms with Crippen molar-refractivity contribution in [1.82, 2.24) is 34.7 Å². The van der Waals surface area contributed by atoms with Gasteiger partial charge in [0.15, 0.2) is 5.65 Å². The fraction of sp³-hybridized carbons (Fsp3) is 0.400. The molecule has 178 valence electrons. The molecule has 4 aromatic rings. The van der Waals surface area contributed by atoms with Crippen LogP contribution in [-0.4, -0.2) is 60.7 Å². The number of halogens is 3. The summed E-state index contributed by atoms with van der Waals surface area (Å²) in [7, 11) is 1.66. The number of hydrogen-bond donors (Lipinski definition) is 1. The molecule has 0 saturated carbocycles. The first-order chi connectivity index (χ1) is 16.2. The standard InChI is InChI=1S/C20H19F3N8O2S/c1-29(10-13-24-12-6-9-34-16(12)17(32)25-13)18(33)11-4-7-30(8-5-11)15-3-2-14-26-27-19(20(21,22)23)31(14)28-15/h2-3,6,9,11H,4-5,7-8,10H2,1H3,(H,24,25,32). The molecule has 0 spiro atoms. The van der Waals surface area contributed by atoms with E-state index in [9.17, 15) is 22.8 Å². The highest BCUT2D eigenvalue weighted by molar-refractivity contribution is 7.17. The van der Waals surface area contributed by atoms with E-state index in [0.29, 0.717) is 52.3 Å². The van der Waals surface area contributed by atoms with Gasteiger partial charge in [0.1, 0.15) is 16.3 Å². The number of aromatic nitrogens is 6. The molecule has 10 nitrogen and oxygen atoms in total. The van der Waals surface area contributed by atoms with Crippen molar-refractivity contribution in [2.45, 2.75) is 25.6 Å². The molecule has 34 heavy (non-hydrogen) atoms. The molecule has 4 aromatic heterocycles. The smallest absolute Gasteiger partial charge is 0.355 e. The Balaban J connectivity index is 1.24. The third kappa shape index (κ3) is 4.08. The number of thiophene rings is 1. The van der Waals surface area contributed by atoms with Crippen molar-refractivity contribution in [3.8, 4) is 0 Å². The van der Waals surface area contributed by atoms with Crippen LogP contribution in [0.5, 0.6) is 0 Å². The lowest BCUT2D eigenvalue weighted by Crippen LogP contribution is -2.41. The fourth-order valence-corrected chi connectivity index (χ4v) is 4.82. The first-order valence-electron chi connectivity index (χ1n) is 10.5. The average molecular weight is 492 g/mol. The number of carbonyl (C=O) groups excluding carboxylic acids is 1. The van der Waals surface area contributed by atoms with E-state index in [1.807, 2.05) is 4.90 Å². The molecule has 1 aliphatic heterocycles. The zero-order chi connectivity index (χ0) is 24.0. The Labute approximate surface area is 194 Å². The number of fused-ring (bicyclic) bond motifs is 2. The van der Waals surface area contributed by atoms with Crippen molar-refractivity contribution in [3.63, 3.8) is 0 Å². The summed E-state index contributed by atoms with van der Waals surface area (Å²) >= 11 is 1.31. The summed E-state index contributed by atoms with van der Waals surface area (Å²) in [5, 5.41) is 12.6. The Morgan fingerprint density at radius 3 is 2.74 bits per heavy atom. The molecule has 5 rings (SSSR count). The minimum absolute atomic E-state index is 0.00931. The van der Waals surface area contributed by atoms with E-state index in [4.69, 9.17) is 0 Å². The van der Waals surface area contributed by atoms with Gasteiger partial charge in [0.2, 0.25) is 5.91 Å². The van der Waals surface area contributed by atoms with Crippen LogP contribution in [0.25, 0.3) is 15.9 Å². The Morgan fingerprint density at radius 2 is 2.00 bits per heavy atom. The van der Waals surface area contributed by atoms with Gasteiger partial charge < -0.3 is 14.8 Å². The van der Waals surface area contributed by atoms with E-state index in [2.05, 4.69) is 25.3 Å². The van der Waals surface area contributed by atoms with E-state index in [-0.39, 0.29) is 29.6 Å². The number of alkyl halides is 3. The van der Waals surface area contributed by atoms with Crippen molar-refractivity contribution in [2.75, 3.05) is 25.0 Å². The molecule has 1 N–H and O–H groups in total. The molecule has 0 aromatic carbocycles. The molecular weight excluding hydrogens is 473 g/mol. The zero-order valence-electron chi connectivity index (χ0n) is 17.9. The van der Waals surface area contributed by atoms with Gasteiger partial charge in [0, 0.05) is 26.1 Å². The quantitative estimate of drug-likeness (QED) is 0.465. The molecule has 1 saturated heterocycles. The number of carbonyl (C=O) groups is 1. The first-order valence-corrected chi connectivity index (χ1v) is 11.3. The van der Waals surface area contributed by atoms with E-state index >= 15 is 0 Å². The molecule has 0 aliphatic carbocycles. The Hall–Kier alpha value is -3.55. The van der Waals surface area contributed by atoms with Crippen LogP contribution < -0.4 is 10.5 Å². The highest BCUT2D eigenvalue weighted by atomic mass is 32.1. The van der Waals surface area contributed by atoms with Crippen molar-refractivity contribution in [2.24, 2.45) is 5.92 Å². The third-order valence-corrected chi connectivity index (χ3v) is 6.70. The van der Waals surface area contributed by atoms with Crippen LogP contribution in [0, 0.1) is 5.92 Å². The van der Waals surface area contributed by atoms with Gasteiger partial charge in [0.05, 0.1) is 12.1 Å². The number of hydrogen-bond acceptors (Lipinski definition) is 8. The van der Waals surface area contributed by atoms with E-state index in [1.165, 1.54) is 22.3 Å². The largest absolute Gasteiger partial charge is 0.453 e. The second-order valence-corrected chi connectivity index (χ2v) is 9.00. The molecule has 0 unspecified atom stereocenters. The molecule has 14 heteroatoms. The Morgan fingerprint density at radius 1 is 1.24 bits per heavy atom. The fourth-order valence-electron chi connectivity index (χ4n) is 4.09. The van der Waals surface area contributed by atoms with Crippen LogP contribution in [0.1, 0.15) is 24.5 Å². The SMILES string of the molecule is CN(Cc1nc2ccsc2c(=O)[nH]1)C(=O)C1CCN(c2ccc3nnc(C(F)(F)F)n3n2)CC1. The first kappa shape index (κ1) is 22.3. The van der Waals surface area contributed by atoms with Crippen LogP contribution in [0.3, 0.4) is 0 Å². The molecule has 0 bridgehead atoms. The van der Waals surface area contributed by atoms with Crippen molar-refractivity contribution in [3.05, 3.63) is 45.6 Å². The number of H-pyrrole nitrogens is 1. The maximum atomic E-state index is 13.1. The molecule has 0 radical (unpaired) electrons. The number of nitrogens with zero attached hydrogens (tertiary/aromatic N) is 7. The van der Waals surface area contributed by atoms with Crippen LogP contribution in [0.2, 0.25) is 0 Å². The summed E-state index contributed by atoms with van der Waals surface area (Å²) in [6.07, 6.45) is -3.63. The molecular formula is C20H19F3N8O2S. The van der Waals surface area contributed by atoms with Gasteiger partial charge in [-0.1, -0.05) is 0 Å². The second-order valence-electron chi connectivity index (χ2n) is 8.09. The van der Waals surface area contributed by atoms with Gasteiger partial charge in [-0.25, -0.2) is 4.98 Å². The predicted molar refractivity (Wildman–Crippen MR) is 117 cm³/mol. The minimum atomic E-state index is -4.66. The van der Waals surface area contributed by atoms with Gasteiger partial charge >= 0.3 is 6.18 Å². The van der Waals surface area contributed by atoms with Crippen molar-refractivity contribution in [1.29, 1.82) is 0 Å². The number of piperidine rings is 1. The third-order valence-electron chi connectivity index (χ3n) is 5.80. The number of rotatable bonds is 4. The van der Waals surface area contributed by atoms with Gasteiger partial charge in [0.25, 0.3) is 11.4 Å². The topological polar surface area (TPSA) is 112 Å².